The lowest BCUT2D eigenvalue weighted by molar-refractivity contribution is 0.315. The Labute approximate surface area is 110 Å². The molecule has 18 heavy (non-hydrogen) atoms. The van der Waals surface area contributed by atoms with Crippen molar-refractivity contribution in [1.29, 1.82) is 0 Å². The monoisotopic (exact) mass is 245 g/mol. The van der Waals surface area contributed by atoms with Crippen LogP contribution in [0.3, 0.4) is 0 Å². The largest absolute Gasteiger partial charge is 0.493 e. The van der Waals surface area contributed by atoms with Crippen molar-refractivity contribution in [3.63, 3.8) is 0 Å². The lowest BCUT2D eigenvalue weighted by Gasteiger charge is -2.20. The predicted molar refractivity (Wildman–Crippen MR) is 74.2 cm³/mol. The molecule has 0 saturated heterocycles. The molecule has 1 heterocycles. The molecule has 1 aliphatic heterocycles. The van der Waals surface area contributed by atoms with Crippen molar-refractivity contribution in [3.8, 4) is 5.75 Å². The summed E-state index contributed by atoms with van der Waals surface area (Å²) in [4.78, 5) is 0. The van der Waals surface area contributed by atoms with Crippen LogP contribution < -0.4 is 10.1 Å². The van der Waals surface area contributed by atoms with Gasteiger partial charge in [0.2, 0.25) is 0 Å². The van der Waals surface area contributed by atoms with Gasteiger partial charge in [-0.25, -0.2) is 0 Å². The predicted octanol–water partition coefficient (Wildman–Crippen LogP) is 3.78. The van der Waals surface area contributed by atoms with Crippen molar-refractivity contribution >= 4 is 0 Å². The van der Waals surface area contributed by atoms with Crippen LogP contribution in [0.2, 0.25) is 0 Å². The van der Waals surface area contributed by atoms with Crippen LogP contribution in [0.4, 0.5) is 0 Å². The van der Waals surface area contributed by atoms with Gasteiger partial charge in [-0.3, -0.25) is 0 Å². The number of fused-ring (bicyclic) bond motifs is 1. The summed E-state index contributed by atoms with van der Waals surface area (Å²) >= 11 is 0. The minimum atomic E-state index is 0.494. The van der Waals surface area contributed by atoms with E-state index in [-0.39, 0.29) is 0 Å². The van der Waals surface area contributed by atoms with Gasteiger partial charge in [0.1, 0.15) is 5.75 Å². The summed E-state index contributed by atoms with van der Waals surface area (Å²) in [7, 11) is 0. The fraction of sp³-hybridized carbons (Fsp3) is 0.625. The maximum absolute atomic E-state index is 5.88. The summed E-state index contributed by atoms with van der Waals surface area (Å²) in [6.07, 6.45) is 5.04. The van der Waals surface area contributed by atoms with Crippen molar-refractivity contribution in [2.24, 2.45) is 0 Å². The molecule has 1 aromatic carbocycles. The average Bonchev–Trinajstić information content (AvgIpc) is 3.17. The molecule has 2 aliphatic rings. The second-order valence-electron chi connectivity index (χ2n) is 5.94. The van der Waals surface area contributed by atoms with Crippen LogP contribution in [0.1, 0.15) is 62.6 Å². The van der Waals surface area contributed by atoms with Gasteiger partial charge in [0.05, 0.1) is 6.61 Å². The lowest BCUT2D eigenvalue weighted by atomic mass is 9.95. The Morgan fingerprint density at radius 1 is 1.22 bits per heavy atom. The molecule has 1 aromatic rings. The van der Waals surface area contributed by atoms with Crippen molar-refractivity contribution in [1.82, 2.24) is 5.32 Å². The lowest BCUT2D eigenvalue weighted by Crippen LogP contribution is -2.23. The Hall–Kier alpha value is -1.02. The molecule has 1 fully saturated rings. The van der Waals surface area contributed by atoms with Crippen molar-refractivity contribution in [2.45, 2.75) is 57.5 Å². The van der Waals surface area contributed by atoms with E-state index in [9.17, 15) is 0 Å². The number of rotatable bonds is 3. The Morgan fingerprint density at radius 3 is 2.78 bits per heavy atom. The summed E-state index contributed by atoms with van der Waals surface area (Å²) < 4.78 is 5.88. The standard InChI is InChI=1S/C16H23NO/c1-11(2)12-5-8-16-14(10-12)15(4-3-9-18-16)17-13-6-7-13/h5,8,10-11,13,15,17H,3-4,6-7,9H2,1-2H3. The number of hydrogen-bond donors (Lipinski definition) is 1. The topological polar surface area (TPSA) is 21.3 Å². The first kappa shape index (κ1) is 12.0. The van der Waals surface area contributed by atoms with Gasteiger partial charge < -0.3 is 10.1 Å². The Morgan fingerprint density at radius 2 is 2.06 bits per heavy atom. The van der Waals surface area contributed by atoms with Crippen molar-refractivity contribution < 1.29 is 4.74 Å². The van der Waals surface area contributed by atoms with Gasteiger partial charge in [-0.05, 0) is 43.2 Å². The van der Waals surface area contributed by atoms with E-state index >= 15 is 0 Å². The normalized spacial score (nSPS) is 23.4. The molecule has 1 atom stereocenters. The summed E-state index contributed by atoms with van der Waals surface area (Å²) in [5, 5.41) is 3.78. The third-order valence-corrected chi connectivity index (χ3v) is 3.98. The minimum Gasteiger partial charge on any atom is -0.493 e. The molecule has 0 amide bonds. The van der Waals surface area contributed by atoms with Crippen LogP contribution >= 0.6 is 0 Å². The number of nitrogens with one attached hydrogen (secondary N) is 1. The second kappa shape index (κ2) is 4.93. The van der Waals surface area contributed by atoms with Gasteiger partial charge in [0.15, 0.2) is 0 Å². The molecular weight excluding hydrogens is 222 g/mol. The van der Waals surface area contributed by atoms with E-state index in [1.165, 1.54) is 30.4 Å². The van der Waals surface area contributed by atoms with Gasteiger partial charge >= 0.3 is 0 Å². The SMILES string of the molecule is CC(C)c1ccc2c(c1)C(NC1CC1)CCCO2. The van der Waals surface area contributed by atoms with E-state index in [0.717, 1.165) is 24.8 Å². The summed E-state index contributed by atoms with van der Waals surface area (Å²) in [6.45, 7) is 5.36. The van der Waals surface area contributed by atoms with Gasteiger partial charge in [0, 0.05) is 17.6 Å². The third kappa shape index (κ3) is 2.54. The van der Waals surface area contributed by atoms with Crippen LogP contribution in [0, 0.1) is 0 Å². The number of hydrogen-bond acceptors (Lipinski definition) is 2. The molecule has 0 bridgehead atoms. The molecule has 1 unspecified atom stereocenters. The third-order valence-electron chi connectivity index (χ3n) is 3.98. The van der Waals surface area contributed by atoms with E-state index in [2.05, 4.69) is 37.4 Å². The first-order valence-corrected chi connectivity index (χ1v) is 7.26. The minimum absolute atomic E-state index is 0.494. The highest BCUT2D eigenvalue weighted by atomic mass is 16.5. The van der Waals surface area contributed by atoms with Gasteiger partial charge in [-0.1, -0.05) is 26.0 Å². The van der Waals surface area contributed by atoms with Crippen LogP contribution in [0.5, 0.6) is 5.75 Å². The smallest absolute Gasteiger partial charge is 0.124 e. The molecule has 98 valence electrons. The Balaban J connectivity index is 1.91. The summed E-state index contributed by atoms with van der Waals surface area (Å²) in [5.41, 5.74) is 2.80. The van der Waals surface area contributed by atoms with Gasteiger partial charge in [0.25, 0.3) is 0 Å². The zero-order valence-electron chi connectivity index (χ0n) is 11.4. The van der Waals surface area contributed by atoms with E-state index in [4.69, 9.17) is 4.74 Å². The van der Waals surface area contributed by atoms with Crippen LogP contribution in [0.15, 0.2) is 18.2 Å². The molecule has 1 saturated carbocycles. The maximum atomic E-state index is 5.88. The molecule has 0 radical (unpaired) electrons. The molecule has 1 N–H and O–H groups in total. The first-order valence-electron chi connectivity index (χ1n) is 7.26. The van der Waals surface area contributed by atoms with Crippen molar-refractivity contribution in [3.05, 3.63) is 29.3 Å². The fourth-order valence-corrected chi connectivity index (χ4v) is 2.66. The van der Waals surface area contributed by atoms with E-state index < -0.39 is 0 Å². The second-order valence-corrected chi connectivity index (χ2v) is 5.94. The molecule has 0 aromatic heterocycles. The molecule has 2 nitrogen and oxygen atoms in total. The van der Waals surface area contributed by atoms with E-state index in [1.807, 2.05) is 0 Å². The zero-order chi connectivity index (χ0) is 12.5. The van der Waals surface area contributed by atoms with Crippen LogP contribution in [-0.2, 0) is 0 Å². The molecule has 3 rings (SSSR count). The van der Waals surface area contributed by atoms with Crippen molar-refractivity contribution in [2.75, 3.05) is 6.61 Å². The summed E-state index contributed by atoms with van der Waals surface area (Å²) in [5.74, 6) is 1.68. The Kier molecular flexibility index (Phi) is 3.29. The summed E-state index contributed by atoms with van der Waals surface area (Å²) in [6, 6.07) is 7.98. The molecule has 1 aliphatic carbocycles. The highest BCUT2D eigenvalue weighted by molar-refractivity contribution is 5.41. The highest BCUT2D eigenvalue weighted by Gasteiger charge is 2.28. The first-order chi connectivity index (χ1) is 8.74. The average molecular weight is 245 g/mol. The highest BCUT2D eigenvalue weighted by Crippen LogP contribution is 2.36. The van der Waals surface area contributed by atoms with Crippen LogP contribution in [-0.4, -0.2) is 12.6 Å². The van der Waals surface area contributed by atoms with E-state index in [1.54, 1.807) is 0 Å². The zero-order valence-corrected chi connectivity index (χ0v) is 11.4. The number of ether oxygens (including phenoxy) is 1. The maximum Gasteiger partial charge on any atom is 0.124 e. The molecule has 0 spiro atoms. The van der Waals surface area contributed by atoms with Gasteiger partial charge in [-0.15, -0.1) is 0 Å². The number of benzene rings is 1. The molecule has 2 heteroatoms. The fourth-order valence-electron chi connectivity index (χ4n) is 2.66. The molecular formula is C16H23NO. The Bertz CT molecular complexity index is 423. The van der Waals surface area contributed by atoms with E-state index in [0.29, 0.717) is 12.0 Å². The quantitative estimate of drug-likeness (QED) is 0.875. The van der Waals surface area contributed by atoms with Gasteiger partial charge in [-0.2, -0.15) is 0 Å². The van der Waals surface area contributed by atoms with Crippen LogP contribution in [0.25, 0.3) is 0 Å².